The lowest BCUT2D eigenvalue weighted by Crippen LogP contribution is -2.21. The zero-order valence-electron chi connectivity index (χ0n) is 27.1. The van der Waals surface area contributed by atoms with Crippen molar-refractivity contribution in [1.82, 2.24) is 4.57 Å². The first-order valence-corrected chi connectivity index (χ1v) is 18.7. The minimum atomic E-state index is -3.24. The molecule has 9 aromatic rings. The molecule has 10 rings (SSSR count). The third-order valence-electron chi connectivity index (χ3n) is 10.1. The van der Waals surface area contributed by atoms with Gasteiger partial charge in [-0.3, -0.25) is 0 Å². The van der Waals surface area contributed by atoms with E-state index in [-0.39, 0.29) is 0 Å². The fraction of sp³-hybridized carbons (Fsp3) is 0. The summed E-state index contributed by atoms with van der Waals surface area (Å²) in [4.78, 5) is 2.28. The molecule has 0 radical (unpaired) electrons. The number of nitrogens with zero attached hydrogens (tertiary/aromatic N) is 2. The topological polar surface area (TPSA) is 25.2 Å². The number of para-hydroxylation sites is 3. The summed E-state index contributed by atoms with van der Waals surface area (Å²) < 4.78 is 18.4. The van der Waals surface area contributed by atoms with Gasteiger partial charge < -0.3 is 14.0 Å². The van der Waals surface area contributed by atoms with Crippen molar-refractivity contribution >= 4 is 72.7 Å². The van der Waals surface area contributed by atoms with Crippen LogP contribution in [0.4, 0.5) is 17.1 Å². The summed E-state index contributed by atoms with van der Waals surface area (Å²) in [6.07, 6.45) is 0. The van der Waals surface area contributed by atoms with Gasteiger partial charge in [0.1, 0.15) is 0 Å². The van der Waals surface area contributed by atoms with E-state index in [1.165, 1.54) is 0 Å². The normalized spacial score (nSPS) is 15.0. The maximum Gasteiger partial charge on any atom is 0.172 e. The smallest absolute Gasteiger partial charge is 0.172 e. The quantitative estimate of drug-likeness (QED) is 0.172. The summed E-state index contributed by atoms with van der Waals surface area (Å²) >= 11 is 0. The van der Waals surface area contributed by atoms with Crippen LogP contribution >= 0.6 is 7.14 Å². The van der Waals surface area contributed by atoms with E-state index in [2.05, 4.69) is 155 Å². The van der Waals surface area contributed by atoms with Crippen LogP contribution in [-0.4, -0.2) is 4.57 Å². The third kappa shape index (κ3) is 4.21. The monoisotopic (exact) mass is 658 g/mol. The van der Waals surface area contributed by atoms with E-state index in [0.717, 1.165) is 82.4 Å². The Kier molecular flexibility index (Phi) is 6.46. The van der Waals surface area contributed by atoms with Gasteiger partial charge in [-0.05, 0) is 94.7 Å². The van der Waals surface area contributed by atoms with Gasteiger partial charge in [0.2, 0.25) is 0 Å². The predicted octanol–water partition coefficient (Wildman–Crippen LogP) is 11.0. The molecule has 1 aliphatic rings. The number of anilines is 3. The first kappa shape index (κ1) is 28.8. The summed E-state index contributed by atoms with van der Waals surface area (Å²) in [5, 5.41) is 7.16. The minimum absolute atomic E-state index is 0.867. The highest BCUT2D eigenvalue weighted by molar-refractivity contribution is 7.87. The lowest BCUT2D eigenvalue weighted by atomic mass is 9.99. The van der Waals surface area contributed by atoms with E-state index < -0.39 is 7.14 Å². The summed E-state index contributed by atoms with van der Waals surface area (Å²) in [7, 11) is -3.24. The largest absolute Gasteiger partial charge is 0.311 e. The van der Waals surface area contributed by atoms with Gasteiger partial charge in [-0.25, -0.2) is 0 Å². The molecular formula is C46H31N2OP. The van der Waals surface area contributed by atoms with Gasteiger partial charge in [-0.1, -0.05) is 115 Å². The van der Waals surface area contributed by atoms with Crippen LogP contribution in [-0.2, 0) is 4.57 Å². The van der Waals surface area contributed by atoms with Crippen molar-refractivity contribution < 1.29 is 4.57 Å². The number of aromatic nitrogens is 1. The molecule has 1 unspecified atom stereocenters. The molecule has 50 heavy (non-hydrogen) atoms. The molecule has 0 amide bonds. The molecule has 1 atom stereocenters. The molecule has 0 spiro atoms. The third-order valence-corrected chi connectivity index (χ3v) is 13.3. The van der Waals surface area contributed by atoms with Crippen LogP contribution in [0.1, 0.15) is 0 Å². The van der Waals surface area contributed by atoms with E-state index in [1.54, 1.807) is 0 Å². The molecule has 0 saturated heterocycles. The van der Waals surface area contributed by atoms with Crippen molar-refractivity contribution in [2.75, 3.05) is 4.90 Å². The second kappa shape index (κ2) is 11.2. The van der Waals surface area contributed by atoms with Crippen molar-refractivity contribution in [3.05, 3.63) is 188 Å². The van der Waals surface area contributed by atoms with E-state index in [1.807, 2.05) is 42.5 Å². The van der Waals surface area contributed by atoms with Crippen molar-refractivity contribution in [3.8, 4) is 16.8 Å². The van der Waals surface area contributed by atoms with Gasteiger partial charge in [0, 0.05) is 49.4 Å². The molecule has 0 saturated carbocycles. The van der Waals surface area contributed by atoms with Gasteiger partial charge in [-0.15, -0.1) is 0 Å². The van der Waals surface area contributed by atoms with Gasteiger partial charge in [0.05, 0.1) is 11.0 Å². The number of rotatable bonds is 5. The lowest BCUT2D eigenvalue weighted by Gasteiger charge is -2.25. The Labute approximate surface area is 290 Å². The van der Waals surface area contributed by atoms with Gasteiger partial charge in [0.25, 0.3) is 0 Å². The van der Waals surface area contributed by atoms with E-state index in [0.29, 0.717) is 0 Å². The van der Waals surface area contributed by atoms with E-state index in [9.17, 15) is 0 Å². The van der Waals surface area contributed by atoms with Gasteiger partial charge in [-0.2, -0.15) is 0 Å². The van der Waals surface area contributed by atoms with Crippen LogP contribution in [0.2, 0.25) is 0 Å². The first-order valence-electron chi connectivity index (χ1n) is 17.0. The maximum absolute atomic E-state index is 16.1. The van der Waals surface area contributed by atoms with Crippen LogP contribution in [0, 0.1) is 0 Å². The molecule has 1 aliphatic heterocycles. The average Bonchev–Trinajstić information content (AvgIpc) is 3.65. The molecule has 0 fully saturated rings. The van der Waals surface area contributed by atoms with Crippen LogP contribution in [0.5, 0.6) is 0 Å². The minimum Gasteiger partial charge on any atom is -0.311 e. The highest BCUT2D eigenvalue weighted by Crippen LogP contribution is 2.55. The first-order chi connectivity index (χ1) is 24.7. The second-order valence-corrected chi connectivity index (χ2v) is 15.6. The van der Waals surface area contributed by atoms with Crippen LogP contribution in [0.15, 0.2) is 188 Å². The number of hydrogen-bond donors (Lipinski definition) is 0. The lowest BCUT2D eigenvalue weighted by molar-refractivity contribution is 0.593. The Bertz CT molecular complexity index is 2730. The molecule has 0 N–H and O–H groups in total. The van der Waals surface area contributed by atoms with E-state index >= 15 is 4.57 Å². The Morgan fingerprint density at radius 3 is 1.70 bits per heavy atom. The molecule has 4 heteroatoms. The van der Waals surface area contributed by atoms with Crippen LogP contribution in [0.3, 0.4) is 0 Å². The number of benzene rings is 8. The summed E-state index contributed by atoms with van der Waals surface area (Å²) in [5.74, 6) is 0. The number of hydrogen-bond acceptors (Lipinski definition) is 2. The predicted molar refractivity (Wildman–Crippen MR) is 211 cm³/mol. The molecule has 2 heterocycles. The molecule has 1 aromatic heterocycles. The molecule has 3 nitrogen and oxygen atoms in total. The molecule has 236 valence electrons. The average molecular weight is 659 g/mol. The molecule has 0 aliphatic carbocycles. The molecule has 8 aromatic carbocycles. The highest BCUT2D eigenvalue weighted by Gasteiger charge is 2.42. The summed E-state index contributed by atoms with van der Waals surface area (Å²) in [6.45, 7) is 0. The van der Waals surface area contributed by atoms with Gasteiger partial charge in [0.15, 0.2) is 7.14 Å². The van der Waals surface area contributed by atoms with Gasteiger partial charge >= 0.3 is 0 Å². The maximum atomic E-state index is 16.1. The van der Waals surface area contributed by atoms with Crippen LogP contribution in [0.25, 0.3) is 49.4 Å². The summed E-state index contributed by atoms with van der Waals surface area (Å²) in [6, 6.07) is 65.6. The van der Waals surface area contributed by atoms with Crippen LogP contribution < -0.4 is 20.8 Å². The fourth-order valence-electron chi connectivity index (χ4n) is 7.95. The highest BCUT2D eigenvalue weighted by atomic mass is 31.2. The zero-order valence-corrected chi connectivity index (χ0v) is 28.0. The van der Waals surface area contributed by atoms with Crippen molar-refractivity contribution in [1.29, 1.82) is 0 Å². The molecule has 0 bridgehead atoms. The number of fused-ring (bicyclic) bond motifs is 8. The van der Waals surface area contributed by atoms with Crippen molar-refractivity contribution in [3.63, 3.8) is 0 Å². The Hall–Kier alpha value is -6.15. The Morgan fingerprint density at radius 2 is 1.02 bits per heavy atom. The Morgan fingerprint density at radius 1 is 0.460 bits per heavy atom. The van der Waals surface area contributed by atoms with Crippen molar-refractivity contribution in [2.45, 2.75) is 0 Å². The Balaban J connectivity index is 1.22. The second-order valence-electron chi connectivity index (χ2n) is 12.9. The fourth-order valence-corrected chi connectivity index (χ4v) is 11.2. The zero-order chi connectivity index (χ0) is 33.2. The molecular weight excluding hydrogens is 627 g/mol. The SMILES string of the molecule is O=P1(c2ccccc2)c2cc3ccccc3cc2-c2ccc3c(c21)c1ccccc1n3-c1ccc(N(c2ccccc2)c2ccccc2)cc1. The van der Waals surface area contributed by atoms with E-state index in [4.69, 9.17) is 0 Å². The summed E-state index contributed by atoms with van der Waals surface area (Å²) in [5.41, 5.74) is 8.59. The van der Waals surface area contributed by atoms with Crippen molar-refractivity contribution in [2.24, 2.45) is 0 Å². The standard InChI is InChI=1S/C46H31N2OP/c49-50(38-20-8-3-9-21-38)44-31-33-15-11-10-14-32(33)30-41(44)39-28-29-43-45(46(39)50)40-22-12-13-23-42(40)48(43)37-26-24-36(25-27-37)47(34-16-4-1-5-17-34)35-18-6-2-7-19-35/h1-31H.